The molecule has 2 N–H and O–H groups in total. The van der Waals surface area contributed by atoms with E-state index in [0.29, 0.717) is 16.9 Å². The van der Waals surface area contributed by atoms with E-state index >= 15 is 0 Å². The summed E-state index contributed by atoms with van der Waals surface area (Å²) in [4.78, 5) is 10.1. The van der Waals surface area contributed by atoms with Crippen molar-refractivity contribution in [2.24, 2.45) is 0 Å². The van der Waals surface area contributed by atoms with Gasteiger partial charge in [0.05, 0.1) is 24.2 Å². The Bertz CT molecular complexity index is 624. The van der Waals surface area contributed by atoms with E-state index in [1.54, 1.807) is 31.4 Å². The second-order valence-electron chi connectivity index (χ2n) is 4.89. The van der Waals surface area contributed by atoms with Crippen molar-refractivity contribution in [3.05, 3.63) is 69.8 Å². The predicted molar refractivity (Wildman–Crippen MR) is 80.6 cm³/mol. The number of hydrogen-bond donors (Lipinski definition) is 2. The largest absolute Gasteiger partial charge is 0.497 e. The topological polar surface area (TPSA) is 92.8 Å². The van der Waals surface area contributed by atoms with Gasteiger partial charge in [-0.2, -0.15) is 0 Å². The van der Waals surface area contributed by atoms with Gasteiger partial charge < -0.3 is 14.9 Å². The first-order chi connectivity index (χ1) is 10.5. The molecule has 0 fully saturated rings. The van der Waals surface area contributed by atoms with Crippen LogP contribution in [0.3, 0.4) is 0 Å². The number of methoxy groups -OCH3 is 1. The highest BCUT2D eigenvalue weighted by Gasteiger charge is 2.16. The Morgan fingerprint density at radius 1 is 1.00 bits per heavy atom. The Morgan fingerprint density at radius 2 is 1.45 bits per heavy atom. The number of nitro groups is 1. The molecule has 0 saturated carbocycles. The number of rotatable bonds is 6. The Balaban J connectivity index is 2.03. The van der Waals surface area contributed by atoms with Gasteiger partial charge in [-0.15, -0.1) is 0 Å². The molecule has 0 heterocycles. The molecular formula is C16H17NO5. The lowest BCUT2D eigenvalue weighted by Crippen LogP contribution is -2.06. The van der Waals surface area contributed by atoms with Gasteiger partial charge >= 0.3 is 0 Å². The van der Waals surface area contributed by atoms with Crippen LogP contribution >= 0.6 is 0 Å². The van der Waals surface area contributed by atoms with Crippen molar-refractivity contribution in [3.63, 3.8) is 0 Å². The third-order valence-corrected chi connectivity index (χ3v) is 3.44. The minimum absolute atomic E-state index is 0.0355. The molecule has 2 aromatic rings. The van der Waals surface area contributed by atoms with Crippen LogP contribution in [-0.4, -0.2) is 22.2 Å². The van der Waals surface area contributed by atoms with Crippen LogP contribution in [0.4, 0.5) is 5.69 Å². The number of non-ortho nitro benzene ring substituents is 1. The van der Waals surface area contributed by atoms with E-state index in [2.05, 4.69) is 0 Å². The summed E-state index contributed by atoms with van der Waals surface area (Å²) in [6.07, 6.45) is -1.64. The number of aliphatic hydroxyl groups is 2. The molecule has 22 heavy (non-hydrogen) atoms. The lowest BCUT2D eigenvalue weighted by molar-refractivity contribution is -0.384. The lowest BCUT2D eigenvalue weighted by Gasteiger charge is -2.16. The van der Waals surface area contributed by atoms with E-state index in [4.69, 9.17) is 4.74 Å². The third kappa shape index (κ3) is 3.81. The van der Waals surface area contributed by atoms with Crippen LogP contribution in [0.2, 0.25) is 0 Å². The molecule has 0 aliphatic carbocycles. The maximum Gasteiger partial charge on any atom is 0.269 e. The van der Waals surface area contributed by atoms with E-state index in [1.165, 1.54) is 24.3 Å². The number of nitro benzene ring substituents is 1. The van der Waals surface area contributed by atoms with Crippen LogP contribution in [0.25, 0.3) is 0 Å². The van der Waals surface area contributed by atoms with Gasteiger partial charge in [0.15, 0.2) is 0 Å². The summed E-state index contributed by atoms with van der Waals surface area (Å²) in [5.74, 6) is 0.687. The average Bonchev–Trinajstić information content (AvgIpc) is 2.54. The molecule has 6 nitrogen and oxygen atoms in total. The Hall–Kier alpha value is -2.44. The SMILES string of the molecule is COc1ccc([C@@H](O)C[C@@H](O)c2ccc([N+](=O)[O-])cc2)cc1. The highest BCUT2D eigenvalue weighted by molar-refractivity contribution is 5.34. The van der Waals surface area contributed by atoms with Crippen LogP contribution in [0.5, 0.6) is 5.75 Å². The standard InChI is InChI=1S/C16H17NO5/c1-22-14-8-4-12(5-9-14)16(19)10-15(18)11-2-6-13(7-3-11)17(20)21/h2-9,15-16,18-19H,10H2,1H3/t15-,16+/m1/s1. The minimum atomic E-state index is -0.905. The normalized spacial score (nSPS) is 13.4. The Kier molecular flexibility index (Phi) is 5.08. The van der Waals surface area contributed by atoms with Crippen molar-refractivity contribution in [2.75, 3.05) is 7.11 Å². The molecule has 6 heteroatoms. The van der Waals surface area contributed by atoms with Crippen molar-refractivity contribution >= 4 is 5.69 Å². The molecule has 0 saturated heterocycles. The summed E-state index contributed by atoms with van der Waals surface area (Å²) in [6.45, 7) is 0. The zero-order chi connectivity index (χ0) is 16.1. The lowest BCUT2D eigenvalue weighted by atomic mass is 9.99. The first kappa shape index (κ1) is 15.9. The molecule has 0 unspecified atom stereocenters. The van der Waals surface area contributed by atoms with Gasteiger partial charge in [0.25, 0.3) is 5.69 Å². The van der Waals surface area contributed by atoms with E-state index in [0.717, 1.165) is 0 Å². The first-order valence-electron chi connectivity index (χ1n) is 6.75. The molecule has 0 amide bonds. The molecule has 0 aliphatic rings. The number of aliphatic hydroxyl groups excluding tert-OH is 2. The van der Waals surface area contributed by atoms with Gasteiger partial charge in [-0.3, -0.25) is 10.1 Å². The number of nitrogens with zero attached hydrogens (tertiary/aromatic N) is 1. The van der Waals surface area contributed by atoms with Gasteiger partial charge in [0, 0.05) is 18.6 Å². The van der Waals surface area contributed by atoms with Crippen molar-refractivity contribution in [3.8, 4) is 5.75 Å². The van der Waals surface area contributed by atoms with Gasteiger partial charge in [0.1, 0.15) is 5.75 Å². The second-order valence-corrected chi connectivity index (χ2v) is 4.89. The first-order valence-corrected chi connectivity index (χ1v) is 6.75. The number of hydrogen-bond acceptors (Lipinski definition) is 5. The Morgan fingerprint density at radius 3 is 1.86 bits per heavy atom. The maximum atomic E-state index is 10.6. The van der Waals surface area contributed by atoms with Gasteiger partial charge in [-0.05, 0) is 35.4 Å². The van der Waals surface area contributed by atoms with Crippen LogP contribution in [0.1, 0.15) is 29.8 Å². The van der Waals surface area contributed by atoms with E-state index in [9.17, 15) is 20.3 Å². The zero-order valence-electron chi connectivity index (χ0n) is 12.0. The van der Waals surface area contributed by atoms with Gasteiger partial charge in [0.2, 0.25) is 0 Å². The fraction of sp³-hybridized carbons (Fsp3) is 0.250. The highest BCUT2D eigenvalue weighted by Crippen LogP contribution is 2.28. The molecule has 2 aromatic carbocycles. The van der Waals surface area contributed by atoms with Crippen molar-refractivity contribution < 1.29 is 19.9 Å². The molecule has 0 aromatic heterocycles. The predicted octanol–water partition coefficient (Wildman–Crippen LogP) is 2.76. The van der Waals surface area contributed by atoms with Crippen LogP contribution in [0.15, 0.2) is 48.5 Å². The molecule has 0 bridgehead atoms. The number of benzene rings is 2. The summed E-state index contributed by atoms with van der Waals surface area (Å²) in [6, 6.07) is 12.6. The third-order valence-electron chi connectivity index (χ3n) is 3.44. The number of ether oxygens (including phenoxy) is 1. The summed E-state index contributed by atoms with van der Waals surface area (Å²) >= 11 is 0. The fourth-order valence-electron chi connectivity index (χ4n) is 2.13. The second kappa shape index (κ2) is 7.02. The quantitative estimate of drug-likeness (QED) is 0.632. The van der Waals surface area contributed by atoms with Gasteiger partial charge in [-0.25, -0.2) is 0 Å². The molecule has 0 aliphatic heterocycles. The molecule has 0 radical (unpaired) electrons. The fourth-order valence-corrected chi connectivity index (χ4v) is 2.13. The van der Waals surface area contributed by atoms with Gasteiger partial charge in [-0.1, -0.05) is 12.1 Å². The van der Waals surface area contributed by atoms with Crippen molar-refractivity contribution in [2.45, 2.75) is 18.6 Å². The van der Waals surface area contributed by atoms with Crippen molar-refractivity contribution in [1.29, 1.82) is 0 Å². The Labute approximate surface area is 127 Å². The van der Waals surface area contributed by atoms with Crippen LogP contribution < -0.4 is 4.74 Å². The molecule has 2 rings (SSSR count). The summed E-state index contributed by atoms with van der Waals surface area (Å²) in [7, 11) is 1.56. The molecule has 116 valence electrons. The zero-order valence-corrected chi connectivity index (χ0v) is 12.0. The average molecular weight is 303 g/mol. The van der Waals surface area contributed by atoms with Crippen LogP contribution in [-0.2, 0) is 0 Å². The summed E-state index contributed by atoms with van der Waals surface area (Å²) in [5, 5.41) is 30.9. The highest BCUT2D eigenvalue weighted by atomic mass is 16.6. The monoisotopic (exact) mass is 303 g/mol. The van der Waals surface area contributed by atoms with E-state index in [1.807, 2.05) is 0 Å². The van der Waals surface area contributed by atoms with Crippen molar-refractivity contribution in [1.82, 2.24) is 0 Å². The molecular weight excluding hydrogens is 286 g/mol. The minimum Gasteiger partial charge on any atom is -0.497 e. The van der Waals surface area contributed by atoms with E-state index in [-0.39, 0.29) is 12.1 Å². The summed E-state index contributed by atoms with van der Waals surface area (Å²) < 4.78 is 5.04. The van der Waals surface area contributed by atoms with Crippen LogP contribution in [0, 0.1) is 10.1 Å². The molecule has 0 spiro atoms. The molecule has 2 atom stereocenters. The summed E-state index contributed by atoms with van der Waals surface area (Å²) in [5.41, 5.74) is 1.16. The maximum absolute atomic E-state index is 10.6. The smallest absolute Gasteiger partial charge is 0.269 e. The van der Waals surface area contributed by atoms with E-state index < -0.39 is 17.1 Å².